The van der Waals surface area contributed by atoms with Gasteiger partial charge in [0.25, 0.3) is 5.91 Å². The lowest BCUT2D eigenvalue weighted by atomic mass is 10.4. The predicted octanol–water partition coefficient (Wildman–Crippen LogP) is 2.72. The van der Waals surface area contributed by atoms with E-state index in [0.717, 1.165) is 3.77 Å². The summed E-state index contributed by atoms with van der Waals surface area (Å²) in [5.41, 5.74) is 0. The van der Waals surface area contributed by atoms with Crippen LogP contribution in [0, 0.1) is 3.77 Å². The Morgan fingerprint density at radius 1 is 1.60 bits per heavy atom. The van der Waals surface area contributed by atoms with Gasteiger partial charge in [0, 0.05) is 13.1 Å². The lowest BCUT2D eigenvalue weighted by Gasteiger charge is -2.03. The number of nitrogens with zero attached hydrogens (tertiary/aromatic N) is 1. The summed E-state index contributed by atoms with van der Waals surface area (Å²) < 4.78 is 6.72. The lowest BCUT2D eigenvalue weighted by molar-refractivity contribution is -0.121. The highest BCUT2D eigenvalue weighted by Crippen LogP contribution is 2.31. The van der Waals surface area contributed by atoms with Gasteiger partial charge < -0.3 is 4.42 Å². The first-order chi connectivity index (χ1) is 7.08. The molecular weight excluding hydrogens is 345 g/mol. The van der Waals surface area contributed by atoms with E-state index in [1.54, 1.807) is 13.1 Å². The standard InChI is InChI=1S/C9H6INO2S2/c1-11-8(12)6(15-9(11)14)4-5-2-3-7(10)13-5/h2-4H,1H3/b6-4+. The van der Waals surface area contributed by atoms with Crippen LogP contribution < -0.4 is 0 Å². The summed E-state index contributed by atoms with van der Waals surface area (Å²) in [6.45, 7) is 0. The molecule has 1 aliphatic rings. The fraction of sp³-hybridized carbons (Fsp3) is 0.111. The molecule has 0 N–H and O–H groups in total. The van der Waals surface area contributed by atoms with E-state index in [9.17, 15) is 4.79 Å². The van der Waals surface area contributed by atoms with Crippen molar-refractivity contribution in [1.82, 2.24) is 4.90 Å². The number of hydrogen-bond donors (Lipinski definition) is 0. The summed E-state index contributed by atoms with van der Waals surface area (Å²) in [6.07, 6.45) is 1.71. The van der Waals surface area contributed by atoms with Gasteiger partial charge >= 0.3 is 0 Å². The van der Waals surface area contributed by atoms with Crippen LogP contribution in [0.4, 0.5) is 0 Å². The smallest absolute Gasteiger partial charge is 0.266 e. The Labute approximate surface area is 110 Å². The molecule has 0 radical (unpaired) electrons. The molecule has 1 amide bonds. The molecule has 0 spiro atoms. The maximum absolute atomic E-state index is 11.6. The number of hydrogen-bond acceptors (Lipinski definition) is 4. The third kappa shape index (κ3) is 2.26. The number of thiocarbonyl (C=S) groups is 1. The van der Waals surface area contributed by atoms with Crippen LogP contribution in [0.25, 0.3) is 6.08 Å². The number of thioether (sulfide) groups is 1. The zero-order valence-corrected chi connectivity index (χ0v) is 11.5. The largest absolute Gasteiger partial charge is 0.451 e. The summed E-state index contributed by atoms with van der Waals surface area (Å²) in [5.74, 6) is 0.602. The zero-order chi connectivity index (χ0) is 11.0. The highest BCUT2D eigenvalue weighted by atomic mass is 127. The Balaban J connectivity index is 2.29. The Hall–Kier alpha value is -0.340. The van der Waals surface area contributed by atoms with Crippen LogP contribution in [0.2, 0.25) is 0 Å². The summed E-state index contributed by atoms with van der Waals surface area (Å²) in [6, 6.07) is 3.67. The molecule has 15 heavy (non-hydrogen) atoms. The number of likely N-dealkylation sites (N-methyl/N-ethyl adjacent to an activating group) is 1. The van der Waals surface area contributed by atoms with E-state index in [1.807, 2.05) is 12.1 Å². The van der Waals surface area contributed by atoms with Gasteiger partial charge in [0.1, 0.15) is 10.1 Å². The van der Waals surface area contributed by atoms with E-state index in [1.165, 1.54) is 16.7 Å². The second-order valence-electron chi connectivity index (χ2n) is 2.88. The molecule has 1 aromatic heterocycles. The first kappa shape index (κ1) is 11.2. The van der Waals surface area contributed by atoms with Crippen LogP contribution in [0.5, 0.6) is 0 Å². The van der Waals surface area contributed by atoms with Crippen molar-refractivity contribution in [3.05, 3.63) is 26.6 Å². The van der Waals surface area contributed by atoms with Crippen molar-refractivity contribution in [3.8, 4) is 0 Å². The highest BCUT2D eigenvalue weighted by molar-refractivity contribution is 14.1. The normalized spacial score (nSPS) is 19.3. The molecule has 78 valence electrons. The van der Waals surface area contributed by atoms with Crippen molar-refractivity contribution < 1.29 is 9.21 Å². The molecule has 0 aromatic carbocycles. The van der Waals surface area contributed by atoms with Gasteiger partial charge in [0.05, 0.1) is 4.91 Å². The maximum atomic E-state index is 11.6. The number of carbonyl (C=O) groups is 1. The Bertz CT molecular complexity index is 466. The van der Waals surface area contributed by atoms with E-state index < -0.39 is 0 Å². The first-order valence-electron chi connectivity index (χ1n) is 4.05. The molecule has 3 nitrogen and oxygen atoms in total. The number of furan rings is 1. The van der Waals surface area contributed by atoms with Gasteiger partial charge in [-0.2, -0.15) is 0 Å². The summed E-state index contributed by atoms with van der Waals surface area (Å²) in [7, 11) is 1.67. The SMILES string of the molecule is CN1C(=O)/C(=C\c2ccc(I)o2)SC1=S. The van der Waals surface area contributed by atoms with Gasteiger partial charge in [-0.1, -0.05) is 24.0 Å². The number of rotatable bonds is 1. The first-order valence-corrected chi connectivity index (χ1v) is 6.35. The van der Waals surface area contributed by atoms with Crippen LogP contribution in [0.1, 0.15) is 5.76 Å². The minimum Gasteiger partial charge on any atom is -0.451 e. The van der Waals surface area contributed by atoms with E-state index in [2.05, 4.69) is 22.6 Å². The van der Waals surface area contributed by atoms with Gasteiger partial charge in [-0.3, -0.25) is 9.69 Å². The van der Waals surface area contributed by atoms with Crippen molar-refractivity contribution in [2.45, 2.75) is 0 Å². The lowest BCUT2D eigenvalue weighted by Crippen LogP contribution is -2.22. The van der Waals surface area contributed by atoms with E-state index in [4.69, 9.17) is 16.6 Å². The second-order valence-corrected chi connectivity index (χ2v) is 5.62. The van der Waals surface area contributed by atoms with Gasteiger partial charge in [-0.05, 0) is 34.7 Å². The van der Waals surface area contributed by atoms with Crippen LogP contribution in [-0.2, 0) is 4.79 Å². The van der Waals surface area contributed by atoms with Crippen molar-refractivity contribution >= 4 is 62.9 Å². The van der Waals surface area contributed by atoms with Gasteiger partial charge in [-0.15, -0.1) is 0 Å². The zero-order valence-electron chi connectivity index (χ0n) is 7.69. The minimum absolute atomic E-state index is 0.0728. The Morgan fingerprint density at radius 3 is 2.80 bits per heavy atom. The van der Waals surface area contributed by atoms with Crippen molar-refractivity contribution in [1.29, 1.82) is 0 Å². The van der Waals surface area contributed by atoms with Crippen molar-refractivity contribution in [2.75, 3.05) is 7.05 Å². The molecule has 2 rings (SSSR count). The van der Waals surface area contributed by atoms with E-state index >= 15 is 0 Å². The van der Waals surface area contributed by atoms with Crippen LogP contribution >= 0.6 is 46.6 Å². The van der Waals surface area contributed by atoms with E-state index in [0.29, 0.717) is 15.0 Å². The van der Waals surface area contributed by atoms with Gasteiger partial charge in [0.15, 0.2) is 3.77 Å². The molecule has 1 aliphatic heterocycles. The molecule has 1 fully saturated rings. The summed E-state index contributed by atoms with van der Waals surface area (Å²) in [5, 5.41) is 0. The second kappa shape index (κ2) is 4.26. The Morgan fingerprint density at radius 2 is 2.33 bits per heavy atom. The topological polar surface area (TPSA) is 33.5 Å². The average Bonchev–Trinajstić information content (AvgIpc) is 2.68. The van der Waals surface area contributed by atoms with Crippen LogP contribution in [-0.4, -0.2) is 22.2 Å². The predicted molar refractivity (Wildman–Crippen MR) is 72.4 cm³/mol. The molecule has 1 saturated heterocycles. The quantitative estimate of drug-likeness (QED) is 0.443. The Kier molecular flexibility index (Phi) is 3.17. The molecule has 0 unspecified atom stereocenters. The fourth-order valence-electron chi connectivity index (χ4n) is 1.08. The molecule has 0 aliphatic carbocycles. The maximum Gasteiger partial charge on any atom is 0.266 e. The monoisotopic (exact) mass is 351 g/mol. The minimum atomic E-state index is -0.0728. The molecule has 0 saturated carbocycles. The van der Waals surface area contributed by atoms with Crippen molar-refractivity contribution in [3.63, 3.8) is 0 Å². The third-order valence-corrected chi connectivity index (χ3v) is 3.92. The van der Waals surface area contributed by atoms with Crippen LogP contribution in [0.3, 0.4) is 0 Å². The molecule has 0 atom stereocenters. The van der Waals surface area contributed by atoms with E-state index in [-0.39, 0.29) is 5.91 Å². The van der Waals surface area contributed by atoms with Gasteiger partial charge in [-0.25, -0.2) is 0 Å². The number of halogens is 1. The molecule has 2 heterocycles. The molecule has 0 bridgehead atoms. The third-order valence-electron chi connectivity index (χ3n) is 1.85. The number of carbonyl (C=O) groups excluding carboxylic acids is 1. The fourth-order valence-corrected chi connectivity index (χ4v) is 2.67. The molecule has 1 aromatic rings. The molecular formula is C9H6INO2S2. The van der Waals surface area contributed by atoms with Crippen molar-refractivity contribution in [2.24, 2.45) is 0 Å². The molecule has 6 heteroatoms. The number of amides is 1. The van der Waals surface area contributed by atoms with Crippen LogP contribution in [0.15, 0.2) is 21.5 Å². The summed E-state index contributed by atoms with van der Waals surface area (Å²) in [4.78, 5) is 13.7. The van der Waals surface area contributed by atoms with Gasteiger partial charge in [0.2, 0.25) is 0 Å². The average molecular weight is 351 g/mol. The highest BCUT2D eigenvalue weighted by Gasteiger charge is 2.28. The summed E-state index contributed by atoms with van der Waals surface area (Å²) >= 11 is 8.38.